The Morgan fingerprint density at radius 3 is 2.96 bits per heavy atom. The number of nitrogens with zero attached hydrogens (tertiary/aromatic N) is 2. The van der Waals surface area contributed by atoms with Gasteiger partial charge in [0.15, 0.2) is 5.76 Å². The number of rotatable bonds is 3. The second kappa shape index (κ2) is 6.44. The molecule has 0 amide bonds. The fraction of sp³-hybridized carbons (Fsp3) is 0.238. The smallest absolute Gasteiger partial charge is 0.205 e. The lowest BCUT2D eigenvalue weighted by Gasteiger charge is -2.13. The number of carbonyl (C=O) groups is 1. The zero-order valence-corrected chi connectivity index (χ0v) is 16.4. The third kappa shape index (κ3) is 2.87. The van der Waals surface area contributed by atoms with Crippen LogP contribution in [0.15, 0.2) is 40.8 Å². The summed E-state index contributed by atoms with van der Waals surface area (Å²) in [4.78, 5) is 19.9. The molecular formula is C21H17ClN2O2S. The van der Waals surface area contributed by atoms with Crippen LogP contribution in [0.4, 0.5) is 0 Å². The van der Waals surface area contributed by atoms with Crippen LogP contribution >= 0.6 is 22.9 Å². The molecule has 0 saturated carbocycles. The van der Waals surface area contributed by atoms with Crippen LogP contribution < -0.4 is 0 Å². The third-order valence-corrected chi connectivity index (χ3v) is 6.47. The van der Waals surface area contributed by atoms with Crippen molar-refractivity contribution in [2.75, 3.05) is 13.6 Å². The number of likely N-dealkylation sites (N-methyl/N-ethyl adjacent to an activating group) is 1. The van der Waals surface area contributed by atoms with E-state index in [2.05, 4.69) is 16.9 Å². The van der Waals surface area contributed by atoms with E-state index in [0.29, 0.717) is 12.3 Å². The topological polar surface area (TPSA) is 46.3 Å². The minimum Gasteiger partial charge on any atom is -0.453 e. The first-order chi connectivity index (χ1) is 13.1. The summed E-state index contributed by atoms with van der Waals surface area (Å²) < 4.78 is 7.11. The van der Waals surface area contributed by atoms with Gasteiger partial charge in [-0.1, -0.05) is 23.7 Å². The average Bonchev–Trinajstić information content (AvgIpc) is 3.16. The molecule has 2 aromatic carbocycles. The first-order valence-corrected chi connectivity index (χ1v) is 10.1. The van der Waals surface area contributed by atoms with Gasteiger partial charge in [-0.25, -0.2) is 4.98 Å². The van der Waals surface area contributed by atoms with E-state index in [0.717, 1.165) is 55.3 Å². The number of hydrogen-bond donors (Lipinski definition) is 0. The van der Waals surface area contributed by atoms with Crippen molar-refractivity contribution in [1.29, 1.82) is 0 Å². The Balaban J connectivity index is 1.58. The van der Waals surface area contributed by atoms with Crippen molar-refractivity contribution in [3.8, 4) is 0 Å². The number of benzene rings is 2. The van der Waals surface area contributed by atoms with Gasteiger partial charge >= 0.3 is 0 Å². The molecule has 0 radical (unpaired) electrons. The molecule has 0 saturated heterocycles. The Kier molecular flexibility index (Phi) is 4.04. The number of ketones is 1. The van der Waals surface area contributed by atoms with Gasteiger partial charge in [0.25, 0.3) is 0 Å². The lowest BCUT2D eigenvalue weighted by molar-refractivity contribution is 0.0966. The number of carbonyl (C=O) groups excluding carboxylic acids is 1. The van der Waals surface area contributed by atoms with Gasteiger partial charge in [-0.05, 0) is 43.3 Å². The van der Waals surface area contributed by atoms with Crippen LogP contribution in [0.25, 0.3) is 21.2 Å². The molecule has 1 aliphatic heterocycles. The minimum atomic E-state index is -0.0300. The van der Waals surface area contributed by atoms with Crippen LogP contribution in [0.5, 0.6) is 0 Å². The van der Waals surface area contributed by atoms with Gasteiger partial charge in [-0.2, -0.15) is 0 Å². The van der Waals surface area contributed by atoms with Gasteiger partial charge in [0.1, 0.15) is 10.6 Å². The fourth-order valence-electron chi connectivity index (χ4n) is 3.79. The summed E-state index contributed by atoms with van der Waals surface area (Å²) in [6.45, 7) is 1.58. The Morgan fingerprint density at radius 1 is 1.26 bits per heavy atom. The van der Waals surface area contributed by atoms with Gasteiger partial charge < -0.3 is 9.32 Å². The lowest BCUT2D eigenvalue weighted by Crippen LogP contribution is -2.19. The molecular weight excluding hydrogens is 380 g/mol. The first-order valence-electron chi connectivity index (χ1n) is 8.89. The molecule has 0 N–H and O–H groups in total. The van der Waals surface area contributed by atoms with E-state index in [1.807, 2.05) is 36.4 Å². The van der Waals surface area contributed by atoms with Crippen LogP contribution in [0.2, 0.25) is 5.02 Å². The highest BCUT2D eigenvalue weighted by molar-refractivity contribution is 7.18. The molecule has 4 aromatic rings. The number of para-hydroxylation sites is 1. The van der Waals surface area contributed by atoms with Gasteiger partial charge in [0.2, 0.25) is 5.78 Å². The maximum absolute atomic E-state index is 13.1. The predicted octanol–water partition coefficient (Wildman–Crippen LogP) is 5.11. The number of aromatic nitrogens is 1. The van der Waals surface area contributed by atoms with E-state index in [-0.39, 0.29) is 12.2 Å². The fourth-order valence-corrected chi connectivity index (χ4v) is 5.01. The Bertz CT molecular complexity index is 1160. The second-order valence-electron chi connectivity index (χ2n) is 6.97. The van der Waals surface area contributed by atoms with Crippen molar-refractivity contribution in [2.24, 2.45) is 0 Å². The summed E-state index contributed by atoms with van der Waals surface area (Å²) in [5.74, 6) is 0.416. The number of hydrogen-bond acceptors (Lipinski definition) is 5. The molecule has 2 aromatic heterocycles. The van der Waals surface area contributed by atoms with Crippen LogP contribution in [-0.4, -0.2) is 29.3 Å². The minimum absolute atomic E-state index is 0.0300. The average molecular weight is 397 g/mol. The number of thiazole rings is 1. The predicted molar refractivity (Wildman–Crippen MR) is 109 cm³/mol. The summed E-state index contributed by atoms with van der Waals surface area (Å²) in [7, 11) is 2.06. The van der Waals surface area contributed by atoms with Gasteiger partial charge in [0.05, 0.1) is 16.6 Å². The molecule has 3 heterocycles. The Morgan fingerprint density at radius 2 is 2.11 bits per heavy atom. The maximum Gasteiger partial charge on any atom is 0.205 e. The number of Topliss-reactive ketones (excluding diaryl/α,β-unsaturated/α-hetero) is 1. The second-order valence-corrected chi connectivity index (χ2v) is 8.49. The quantitative estimate of drug-likeness (QED) is 0.451. The molecule has 27 heavy (non-hydrogen) atoms. The number of halogens is 1. The lowest BCUT2D eigenvalue weighted by atomic mass is 10.0. The highest BCUT2D eigenvalue weighted by Gasteiger charge is 2.27. The highest BCUT2D eigenvalue weighted by Crippen LogP contribution is 2.36. The van der Waals surface area contributed by atoms with Crippen LogP contribution in [0.1, 0.15) is 26.7 Å². The van der Waals surface area contributed by atoms with Crippen molar-refractivity contribution >= 4 is 49.9 Å². The van der Waals surface area contributed by atoms with E-state index >= 15 is 0 Å². The normalized spacial score (nSPS) is 14.7. The molecule has 0 aliphatic carbocycles. The van der Waals surface area contributed by atoms with Crippen LogP contribution in [-0.2, 0) is 19.4 Å². The monoisotopic (exact) mass is 396 g/mol. The van der Waals surface area contributed by atoms with Crippen molar-refractivity contribution in [3.63, 3.8) is 0 Å². The van der Waals surface area contributed by atoms with Crippen molar-refractivity contribution in [1.82, 2.24) is 9.88 Å². The van der Waals surface area contributed by atoms with E-state index in [4.69, 9.17) is 16.0 Å². The summed E-state index contributed by atoms with van der Waals surface area (Å²) in [6, 6.07) is 11.7. The molecule has 0 atom stereocenters. The Hall–Kier alpha value is -2.21. The molecule has 0 bridgehead atoms. The van der Waals surface area contributed by atoms with Crippen LogP contribution in [0.3, 0.4) is 0 Å². The van der Waals surface area contributed by atoms with Gasteiger partial charge in [0, 0.05) is 29.1 Å². The molecule has 0 fully saturated rings. The highest BCUT2D eigenvalue weighted by atomic mass is 35.5. The van der Waals surface area contributed by atoms with E-state index in [1.165, 1.54) is 0 Å². The maximum atomic E-state index is 13.1. The first kappa shape index (κ1) is 16.9. The number of fused-ring (bicyclic) bond motifs is 1. The largest absolute Gasteiger partial charge is 0.453 e. The standard InChI is InChI=1S/C21H17ClN2O2S/c1-24-9-8-12-14(22)6-7-17-20(12)13(11-24)21(26-17)16(25)10-19-23-15-4-2-3-5-18(15)27-19/h2-7H,8-11H2,1H3. The SMILES string of the molecule is CN1CCc2c(Cl)ccc3oc(C(=O)Cc4nc5ccccc5s4)c(c23)C1. The van der Waals surface area contributed by atoms with Crippen LogP contribution in [0, 0.1) is 0 Å². The van der Waals surface area contributed by atoms with Crippen molar-refractivity contribution in [2.45, 2.75) is 19.4 Å². The van der Waals surface area contributed by atoms with Crippen molar-refractivity contribution < 1.29 is 9.21 Å². The zero-order valence-electron chi connectivity index (χ0n) is 14.8. The van der Waals surface area contributed by atoms with E-state index in [9.17, 15) is 4.79 Å². The molecule has 4 nitrogen and oxygen atoms in total. The molecule has 5 rings (SSSR count). The van der Waals surface area contributed by atoms with E-state index < -0.39 is 0 Å². The van der Waals surface area contributed by atoms with Crippen molar-refractivity contribution in [3.05, 3.63) is 63.3 Å². The summed E-state index contributed by atoms with van der Waals surface area (Å²) >= 11 is 8.00. The molecule has 6 heteroatoms. The summed E-state index contributed by atoms with van der Waals surface area (Å²) in [6.07, 6.45) is 1.10. The zero-order chi connectivity index (χ0) is 18.5. The molecule has 1 aliphatic rings. The molecule has 0 spiro atoms. The molecule has 136 valence electrons. The molecule has 0 unspecified atom stereocenters. The van der Waals surface area contributed by atoms with Gasteiger partial charge in [-0.3, -0.25) is 4.79 Å². The third-order valence-electron chi connectivity index (χ3n) is 5.08. The number of furan rings is 1. The van der Waals surface area contributed by atoms with E-state index in [1.54, 1.807) is 11.3 Å². The summed E-state index contributed by atoms with van der Waals surface area (Å²) in [5.41, 5.74) is 3.71. The Labute approximate surface area is 165 Å². The summed E-state index contributed by atoms with van der Waals surface area (Å²) in [5, 5.41) is 2.57. The van der Waals surface area contributed by atoms with Gasteiger partial charge in [-0.15, -0.1) is 11.3 Å².